The molecule has 0 bridgehead atoms. The van der Waals surface area contributed by atoms with Crippen LogP contribution in [0.5, 0.6) is 5.75 Å². The standard InChI is InChI=1S/C22H26O2/c1-16(2)12-20(14-23)19-10-11-22(24-15-17-8-9-17)21(13-19)18-6-4-3-5-7-18/h3-7,10-11,13-14,16-17,20H,8-9,12,15H2,1-2H3. The zero-order chi connectivity index (χ0) is 16.9. The van der Waals surface area contributed by atoms with Gasteiger partial charge in [-0.2, -0.15) is 0 Å². The zero-order valence-corrected chi connectivity index (χ0v) is 14.6. The van der Waals surface area contributed by atoms with Gasteiger partial charge in [-0.25, -0.2) is 0 Å². The highest BCUT2D eigenvalue weighted by atomic mass is 16.5. The molecule has 3 rings (SSSR count). The highest BCUT2D eigenvalue weighted by Gasteiger charge is 2.23. The van der Waals surface area contributed by atoms with Crippen LogP contribution < -0.4 is 4.74 Å². The minimum absolute atomic E-state index is 0.0510. The predicted molar refractivity (Wildman–Crippen MR) is 98.4 cm³/mol. The number of benzene rings is 2. The van der Waals surface area contributed by atoms with Crippen LogP contribution in [0.15, 0.2) is 48.5 Å². The average Bonchev–Trinajstić information content (AvgIpc) is 3.43. The third kappa shape index (κ3) is 4.25. The summed E-state index contributed by atoms with van der Waals surface area (Å²) in [6, 6.07) is 16.5. The van der Waals surface area contributed by atoms with Crippen LogP contribution in [0.25, 0.3) is 11.1 Å². The van der Waals surface area contributed by atoms with Crippen LogP contribution >= 0.6 is 0 Å². The molecule has 24 heavy (non-hydrogen) atoms. The van der Waals surface area contributed by atoms with E-state index in [4.69, 9.17) is 4.74 Å². The van der Waals surface area contributed by atoms with Crippen LogP contribution in [0.2, 0.25) is 0 Å². The summed E-state index contributed by atoms with van der Waals surface area (Å²) in [6.07, 6.45) is 4.51. The first-order valence-corrected chi connectivity index (χ1v) is 8.95. The number of carbonyl (C=O) groups is 1. The molecule has 0 amide bonds. The van der Waals surface area contributed by atoms with E-state index in [1.165, 1.54) is 12.8 Å². The van der Waals surface area contributed by atoms with Crippen LogP contribution in [-0.2, 0) is 4.79 Å². The average molecular weight is 322 g/mol. The van der Waals surface area contributed by atoms with Crippen molar-refractivity contribution in [2.45, 2.75) is 39.0 Å². The summed E-state index contributed by atoms with van der Waals surface area (Å²) in [5.74, 6) is 2.08. The fourth-order valence-electron chi connectivity index (χ4n) is 3.02. The number of hydrogen-bond acceptors (Lipinski definition) is 2. The van der Waals surface area contributed by atoms with Crippen LogP contribution in [0, 0.1) is 11.8 Å². The van der Waals surface area contributed by atoms with Gasteiger partial charge in [-0.05, 0) is 54.4 Å². The van der Waals surface area contributed by atoms with Crippen molar-refractivity contribution in [2.75, 3.05) is 6.61 Å². The summed E-state index contributed by atoms with van der Waals surface area (Å²) < 4.78 is 6.08. The number of ether oxygens (including phenoxy) is 1. The number of hydrogen-bond donors (Lipinski definition) is 0. The topological polar surface area (TPSA) is 26.3 Å². The third-order valence-corrected chi connectivity index (χ3v) is 4.58. The Morgan fingerprint density at radius 1 is 1.12 bits per heavy atom. The van der Waals surface area contributed by atoms with E-state index in [9.17, 15) is 4.79 Å². The van der Waals surface area contributed by atoms with Crippen LogP contribution in [0.4, 0.5) is 0 Å². The molecular weight excluding hydrogens is 296 g/mol. The molecule has 1 fully saturated rings. The largest absolute Gasteiger partial charge is 0.493 e. The van der Waals surface area contributed by atoms with Gasteiger partial charge in [0.2, 0.25) is 0 Å². The maximum absolute atomic E-state index is 11.6. The normalized spacial score (nSPS) is 15.3. The quantitative estimate of drug-likeness (QED) is 0.602. The van der Waals surface area contributed by atoms with Crippen LogP contribution in [0.1, 0.15) is 44.6 Å². The number of aldehydes is 1. The molecule has 0 N–H and O–H groups in total. The smallest absolute Gasteiger partial charge is 0.127 e. The van der Waals surface area contributed by atoms with Crippen molar-refractivity contribution in [1.82, 2.24) is 0 Å². The minimum atomic E-state index is -0.0510. The summed E-state index contributed by atoms with van der Waals surface area (Å²) in [5, 5.41) is 0. The van der Waals surface area contributed by atoms with Crippen LogP contribution in [0.3, 0.4) is 0 Å². The molecule has 0 heterocycles. The maximum Gasteiger partial charge on any atom is 0.127 e. The van der Waals surface area contributed by atoms with Crippen molar-refractivity contribution in [1.29, 1.82) is 0 Å². The second-order valence-corrected chi connectivity index (χ2v) is 7.25. The number of carbonyl (C=O) groups excluding carboxylic acids is 1. The lowest BCUT2D eigenvalue weighted by molar-refractivity contribution is -0.109. The Morgan fingerprint density at radius 2 is 1.88 bits per heavy atom. The van der Waals surface area contributed by atoms with E-state index in [1.807, 2.05) is 24.3 Å². The maximum atomic E-state index is 11.6. The van der Waals surface area contributed by atoms with Gasteiger partial charge >= 0.3 is 0 Å². The van der Waals surface area contributed by atoms with E-state index in [-0.39, 0.29) is 5.92 Å². The van der Waals surface area contributed by atoms with Gasteiger partial charge in [0.15, 0.2) is 0 Å². The molecule has 1 atom stereocenters. The van der Waals surface area contributed by atoms with E-state index in [0.29, 0.717) is 5.92 Å². The molecule has 0 radical (unpaired) electrons. The summed E-state index contributed by atoms with van der Waals surface area (Å²) in [4.78, 5) is 11.6. The van der Waals surface area contributed by atoms with Crippen LogP contribution in [-0.4, -0.2) is 12.9 Å². The molecule has 2 heteroatoms. The molecular formula is C22H26O2. The molecule has 2 aromatic carbocycles. The Balaban J connectivity index is 1.93. The Bertz CT molecular complexity index is 672. The summed E-state index contributed by atoms with van der Waals surface area (Å²) >= 11 is 0. The van der Waals surface area contributed by atoms with Gasteiger partial charge in [-0.15, -0.1) is 0 Å². The fraction of sp³-hybridized carbons (Fsp3) is 0.409. The molecule has 0 saturated heterocycles. The van der Waals surface area contributed by atoms with Crippen molar-refractivity contribution < 1.29 is 9.53 Å². The van der Waals surface area contributed by atoms with Gasteiger partial charge in [-0.3, -0.25) is 0 Å². The molecule has 1 unspecified atom stereocenters. The van der Waals surface area contributed by atoms with Crippen molar-refractivity contribution in [2.24, 2.45) is 11.8 Å². The molecule has 126 valence electrons. The Morgan fingerprint density at radius 3 is 2.50 bits per heavy atom. The van der Waals surface area contributed by atoms with E-state index < -0.39 is 0 Å². The van der Waals surface area contributed by atoms with E-state index in [1.54, 1.807) is 0 Å². The lowest BCUT2D eigenvalue weighted by atomic mass is 9.89. The van der Waals surface area contributed by atoms with Gasteiger partial charge in [-0.1, -0.05) is 50.2 Å². The van der Waals surface area contributed by atoms with Crippen molar-refractivity contribution in [3.8, 4) is 16.9 Å². The van der Waals surface area contributed by atoms with Crippen molar-refractivity contribution >= 4 is 6.29 Å². The second kappa shape index (κ2) is 7.65. The fourth-order valence-corrected chi connectivity index (χ4v) is 3.02. The zero-order valence-electron chi connectivity index (χ0n) is 14.6. The lowest BCUT2D eigenvalue weighted by Gasteiger charge is -2.17. The molecule has 1 aliphatic carbocycles. The molecule has 1 saturated carbocycles. The molecule has 1 aliphatic rings. The minimum Gasteiger partial charge on any atom is -0.493 e. The Hall–Kier alpha value is -2.09. The van der Waals surface area contributed by atoms with E-state index in [2.05, 4.69) is 38.1 Å². The molecule has 2 aromatic rings. The monoisotopic (exact) mass is 322 g/mol. The SMILES string of the molecule is CC(C)CC(C=O)c1ccc(OCC2CC2)c(-c2ccccc2)c1. The highest BCUT2D eigenvalue weighted by molar-refractivity contribution is 5.73. The lowest BCUT2D eigenvalue weighted by Crippen LogP contribution is -2.06. The van der Waals surface area contributed by atoms with E-state index >= 15 is 0 Å². The van der Waals surface area contributed by atoms with Gasteiger partial charge in [0.25, 0.3) is 0 Å². The molecule has 0 aromatic heterocycles. The van der Waals surface area contributed by atoms with E-state index in [0.717, 1.165) is 47.7 Å². The molecule has 0 spiro atoms. The molecule has 0 aliphatic heterocycles. The summed E-state index contributed by atoms with van der Waals surface area (Å²) in [5.41, 5.74) is 3.31. The van der Waals surface area contributed by atoms with Gasteiger partial charge in [0.05, 0.1) is 6.61 Å². The summed E-state index contributed by atoms with van der Waals surface area (Å²) in [7, 11) is 0. The van der Waals surface area contributed by atoms with Gasteiger partial charge in [0.1, 0.15) is 12.0 Å². The van der Waals surface area contributed by atoms with Gasteiger partial charge < -0.3 is 9.53 Å². The Kier molecular flexibility index (Phi) is 5.34. The first-order chi connectivity index (χ1) is 11.7. The predicted octanol–water partition coefficient (Wildman–Crippen LogP) is 5.47. The third-order valence-electron chi connectivity index (χ3n) is 4.58. The summed E-state index contributed by atoms with van der Waals surface area (Å²) in [6.45, 7) is 5.10. The highest BCUT2D eigenvalue weighted by Crippen LogP contribution is 2.36. The van der Waals surface area contributed by atoms with Crippen molar-refractivity contribution in [3.05, 3.63) is 54.1 Å². The first kappa shape index (κ1) is 16.8. The Labute approximate surface area is 144 Å². The first-order valence-electron chi connectivity index (χ1n) is 8.95. The second-order valence-electron chi connectivity index (χ2n) is 7.25. The molecule has 2 nitrogen and oxygen atoms in total. The van der Waals surface area contributed by atoms with Gasteiger partial charge in [0, 0.05) is 11.5 Å². The van der Waals surface area contributed by atoms with Crippen molar-refractivity contribution in [3.63, 3.8) is 0 Å². The number of rotatable bonds is 8.